The summed E-state index contributed by atoms with van der Waals surface area (Å²) in [5, 5.41) is 0. The van der Waals surface area contributed by atoms with Crippen LogP contribution in [-0.2, 0) is 0 Å². The number of nitrogens with zero attached hydrogens (tertiary/aromatic N) is 4. The van der Waals surface area contributed by atoms with Crippen LogP contribution in [0.2, 0.25) is 0 Å². The molecule has 9 rings (SSSR count). The molecule has 0 aliphatic heterocycles. The smallest absolute Gasteiger partial charge is 0.0495 e. The molecule has 346 valence electrons. The Morgan fingerprint density at radius 1 is 0.203 bits per heavy atom. The number of aryl methyl sites for hydroxylation is 9. The van der Waals surface area contributed by atoms with Crippen molar-refractivity contribution in [2.75, 3.05) is 19.6 Å². The zero-order valence-electron chi connectivity index (χ0n) is 42.3. The van der Waals surface area contributed by atoms with Crippen molar-refractivity contribution in [2.24, 2.45) is 0 Å². The van der Waals surface area contributed by atoms with Crippen molar-refractivity contribution < 1.29 is 0 Å². The van der Waals surface area contributed by atoms with Crippen LogP contribution in [0.25, 0.3) is 0 Å². The van der Waals surface area contributed by atoms with Gasteiger partial charge in [-0.3, -0.25) is 0 Å². The Labute approximate surface area is 412 Å². The largest absolute Gasteiger partial charge is 0.310 e. The fraction of sp³-hybridized carbons (Fsp3) is 0.169. The van der Waals surface area contributed by atoms with E-state index in [1.807, 2.05) is 13.8 Å². The van der Waals surface area contributed by atoms with Gasteiger partial charge in [-0.15, -0.1) is 0 Å². The van der Waals surface area contributed by atoms with E-state index in [1.165, 1.54) is 50.1 Å². The highest BCUT2D eigenvalue weighted by Gasteiger charge is 2.26. The summed E-state index contributed by atoms with van der Waals surface area (Å²) in [5.74, 6) is 0. The van der Waals surface area contributed by atoms with Gasteiger partial charge in [-0.25, -0.2) is 0 Å². The molecular weight excluding hydrogens is 837 g/mol. The van der Waals surface area contributed by atoms with E-state index < -0.39 is 0 Å². The minimum atomic E-state index is 1.12. The van der Waals surface area contributed by atoms with E-state index >= 15 is 0 Å². The predicted molar refractivity (Wildman–Crippen MR) is 299 cm³/mol. The van der Waals surface area contributed by atoms with Gasteiger partial charge >= 0.3 is 0 Å². The Kier molecular flexibility index (Phi) is 14.5. The summed E-state index contributed by atoms with van der Waals surface area (Å²) in [6.45, 7) is 24.0. The molecular formula is C65H66N4. The molecule has 0 saturated heterocycles. The zero-order valence-corrected chi connectivity index (χ0v) is 42.3. The van der Waals surface area contributed by atoms with Crippen LogP contribution >= 0.6 is 0 Å². The molecule has 69 heavy (non-hydrogen) atoms. The second-order valence-corrected chi connectivity index (χ2v) is 18.1. The third-order valence-corrected chi connectivity index (χ3v) is 12.8. The Hall–Kier alpha value is -7.82. The van der Waals surface area contributed by atoms with Gasteiger partial charge in [0.2, 0.25) is 0 Å². The minimum absolute atomic E-state index is 1.12. The summed E-state index contributed by atoms with van der Waals surface area (Å²) >= 11 is 0. The molecule has 0 bridgehead atoms. The van der Waals surface area contributed by atoms with Gasteiger partial charge < -0.3 is 19.6 Å². The summed E-state index contributed by atoms with van der Waals surface area (Å²) in [6, 6.07) is 72.9. The SMILES string of the molecule is CC.Cc1cccc(N(c2ccccc2)c2cc(C)c(N(c3cc(C)c(N(c4ccccc4)c4cccc(C)c4)cc3C)c3cc(C)c(N(c4ccccc4)c4cccc(C)c4)cc3C)cc2C)c1. The van der Waals surface area contributed by atoms with E-state index in [0.29, 0.717) is 0 Å². The second-order valence-electron chi connectivity index (χ2n) is 18.1. The van der Waals surface area contributed by atoms with Gasteiger partial charge in [0.15, 0.2) is 0 Å². The van der Waals surface area contributed by atoms with E-state index in [0.717, 1.165) is 68.2 Å². The van der Waals surface area contributed by atoms with Crippen LogP contribution in [0.15, 0.2) is 200 Å². The van der Waals surface area contributed by atoms with E-state index in [1.54, 1.807) is 0 Å². The molecule has 4 nitrogen and oxygen atoms in total. The van der Waals surface area contributed by atoms with E-state index in [9.17, 15) is 0 Å². The van der Waals surface area contributed by atoms with Crippen LogP contribution in [0.5, 0.6) is 0 Å². The number of rotatable bonds is 12. The van der Waals surface area contributed by atoms with Crippen molar-refractivity contribution in [1.29, 1.82) is 0 Å². The first-order valence-electron chi connectivity index (χ1n) is 24.3. The lowest BCUT2D eigenvalue weighted by molar-refractivity contribution is 1.15. The maximum atomic E-state index is 2.52. The molecule has 0 N–H and O–H groups in total. The van der Waals surface area contributed by atoms with Crippen molar-refractivity contribution in [3.05, 3.63) is 250 Å². The summed E-state index contributed by atoms with van der Waals surface area (Å²) in [4.78, 5) is 9.70. The Morgan fingerprint density at radius 3 is 0.623 bits per heavy atom. The van der Waals surface area contributed by atoms with Crippen molar-refractivity contribution >= 4 is 68.2 Å². The van der Waals surface area contributed by atoms with Crippen LogP contribution in [0.4, 0.5) is 68.2 Å². The molecule has 9 aromatic carbocycles. The highest BCUT2D eigenvalue weighted by atomic mass is 15.2. The van der Waals surface area contributed by atoms with Gasteiger partial charge in [-0.2, -0.15) is 0 Å². The van der Waals surface area contributed by atoms with Crippen LogP contribution in [0, 0.1) is 62.3 Å². The third kappa shape index (κ3) is 10.1. The van der Waals surface area contributed by atoms with Crippen molar-refractivity contribution in [2.45, 2.75) is 76.2 Å². The lowest BCUT2D eigenvalue weighted by atomic mass is 9.98. The normalized spacial score (nSPS) is 10.8. The lowest BCUT2D eigenvalue weighted by Crippen LogP contribution is -2.18. The zero-order chi connectivity index (χ0) is 48.8. The molecule has 0 radical (unpaired) electrons. The van der Waals surface area contributed by atoms with Crippen molar-refractivity contribution in [1.82, 2.24) is 0 Å². The van der Waals surface area contributed by atoms with Crippen molar-refractivity contribution in [3.8, 4) is 0 Å². The van der Waals surface area contributed by atoms with Crippen LogP contribution in [0.3, 0.4) is 0 Å². The van der Waals surface area contributed by atoms with Gasteiger partial charge in [-0.1, -0.05) is 105 Å². The first-order valence-corrected chi connectivity index (χ1v) is 24.3. The number of anilines is 12. The number of benzene rings is 9. The topological polar surface area (TPSA) is 13.0 Å². The average Bonchev–Trinajstić information content (AvgIpc) is 3.35. The maximum absolute atomic E-state index is 2.52. The molecule has 0 saturated carbocycles. The summed E-state index contributed by atoms with van der Waals surface area (Å²) in [6.07, 6.45) is 0. The molecule has 0 atom stereocenters. The maximum Gasteiger partial charge on any atom is 0.0495 e. The molecule has 0 fully saturated rings. The van der Waals surface area contributed by atoms with E-state index in [-0.39, 0.29) is 0 Å². The monoisotopic (exact) mass is 903 g/mol. The molecule has 0 aromatic heterocycles. The number of hydrogen-bond acceptors (Lipinski definition) is 4. The number of hydrogen-bond donors (Lipinski definition) is 0. The Bertz CT molecular complexity index is 2850. The summed E-state index contributed by atoms with van der Waals surface area (Å²) in [5.41, 5.74) is 24.4. The van der Waals surface area contributed by atoms with Gasteiger partial charge in [-0.05, 0) is 222 Å². The third-order valence-electron chi connectivity index (χ3n) is 12.8. The van der Waals surface area contributed by atoms with Gasteiger partial charge in [0.05, 0.1) is 0 Å². The molecule has 0 amide bonds. The number of para-hydroxylation sites is 3. The predicted octanol–water partition coefficient (Wildman–Crippen LogP) is 19.4. The van der Waals surface area contributed by atoms with Crippen LogP contribution in [-0.4, -0.2) is 0 Å². The fourth-order valence-electron chi connectivity index (χ4n) is 9.51. The molecule has 0 spiro atoms. The quantitative estimate of drug-likeness (QED) is 0.121. The second kappa shape index (κ2) is 21.0. The highest BCUT2D eigenvalue weighted by Crippen LogP contribution is 2.49. The minimum Gasteiger partial charge on any atom is -0.310 e. The Morgan fingerprint density at radius 2 is 0.406 bits per heavy atom. The van der Waals surface area contributed by atoms with Gasteiger partial charge in [0.25, 0.3) is 0 Å². The van der Waals surface area contributed by atoms with Crippen molar-refractivity contribution in [3.63, 3.8) is 0 Å². The molecule has 4 heteroatoms. The Balaban J connectivity index is 0.00000317. The van der Waals surface area contributed by atoms with E-state index in [2.05, 4.69) is 282 Å². The van der Waals surface area contributed by atoms with Crippen LogP contribution < -0.4 is 19.6 Å². The van der Waals surface area contributed by atoms with Gasteiger partial charge in [0.1, 0.15) is 0 Å². The molecule has 0 aliphatic carbocycles. The fourth-order valence-corrected chi connectivity index (χ4v) is 9.51. The molecule has 0 aliphatic rings. The summed E-state index contributed by atoms with van der Waals surface area (Å²) < 4.78 is 0. The van der Waals surface area contributed by atoms with E-state index in [4.69, 9.17) is 0 Å². The first-order chi connectivity index (χ1) is 33.4. The molecule has 0 unspecified atom stereocenters. The van der Waals surface area contributed by atoms with Crippen LogP contribution in [0.1, 0.15) is 63.9 Å². The molecule has 9 aromatic rings. The average molecular weight is 903 g/mol. The lowest BCUT2D eigenvalue weighted by Gasteiger charge is -2.35. The summed E-state index contributed by atoms with van der Waals surface area (Å²) in [7, 11) is 0. The standard InChI is InChI=1S/C63H60N4.C2H6/c1-43-22-19-31-55(34-43)64(52-25-13-10-14-26-52)58-37-49(7)61(40-46(58)4)67(62-41-47(5)59(38-50(62)8)65(53-27-15-11-16-28-53)56-32-20-23-44(2)35-56)63-42-48(6)60(39-51(63)9)66(54-29-17-12-18-30-54)57-33-21-24-45(3)36-57;1-2/h10-42H,1-9H3;1-2H3. The molecule has 0 heterocycles. The first kappa shape index (κ1) is 47.7. The van der Waals surface area contributed by atoms with Gasteiger partial charge in [0, 0.05) is 68.2 Å². The highest BCUT2D eigenvalue weighted by molar-refractivity contribution is 5.90.